The number of carbonyl (C=O) groups excluding carboxylic acids is 1. The van der Waals surface area contributed by atoms with Gasteiger partial charge in [0.25, 0.3) is 0 Å². The SMILES string of the molecule is COC(=O)/C=C(\c1ccccc1)c1ccc2c(cnn2-c2ccc(F)cc2)c1. The van der Waals surface area contributed by atoms with Crippen molar-refractivity contribution < 1.29 is 13.9 Å². The van der Waals surface area contributed by atoms with Crippen LogP contribution in [0.15, 0.2) is 85.1 Å². The van der Waals surface area contributed by atoms with Gasteiger partial charge in [-0.3, -0.25) is 0 Å². The predicted molar refractivity (Wildman–Crippen MR) is 107 cm³/mol. The molecule has 0 aliphatic rings. The Morgan fingerprint density at radius 2 is 1.75 bits per heavy atom. The number of rotatable bonds is 4. The van der Waals surface area contributed by atoms with Crippen molar-refractivity contribution in [3.05, 3.63) is 102 Å². The molecule has 3 aromatic carbocycles. The van der Waals surface area contributed by atoms with Crippen LogP contribution in [0.1, 0.15) is 11.1 Å². The molecule has 0 saturated carbocycles. The van der Waals surface area contributed by atoms with E-state index in [1.165, 1.54) is 25.3 Å². The molecule has 1 heterocycles. The number of benzene rings is 3. The van der Waals surface area contributed by atoms with Gasteiger partial charge in [0.15, 0.2) is 0 Å². The maximum Gasteiger partial charge on any atom is 0.331 e. The van der Waals surface area contributed by atoms with Crippen molar-refractivity contribution in [3.63, 3.8) is 0 Å². The minimum Gasteiger partial charge on any atom is -0.466 e. The zero-order valence-corrected chi connectivity index (χ0v) is 15.2. The van der Waals surface area contributed by atoms with Crippen molar-refractivity contribution >= 4 is 22.4 Å². The lowest BCUT2D eigenvalue weighted by molar-refractivity contribution is -0.134. The van der Waals surface area contributed by atoms with E-state index in [9.17, 15) is 9.18 Å². The number of ether oxygens (including phenoxy) is 1. The van der Waals surface area contributed by atoms with Crippen LogP contribution in [0, 0.1) is 5.82 Å². The monoisotopic (exact) mass is 372 g/mol. The summed E-state index contributed by atoms with van der Waals surface area (Å²) in [7, 11) is 1.36. The maximum absolute atomic E-state index is 13.2. The van der Waals surface area contributed by atoms with Crippen molar-refractivity contribution in [2.75, 3.05) is 7.11 Å². The van der Waals surface area contributed by atoms with Crippen LogP contribution >= 0.6 is 0 Å². The Morgan fingerprint density at radius 1 is 1.00 bits per heavy atom. The molecule has 0 fully saturated rings. The van der Waals surface area contributed by atoms with Gasteiger partial charge in [0, 0.05) is 11.5 Å². The molecule has 0 N–H and O–H groups in total. The third kappa shape index (κ3) is 3.42. The van der Waals surface area contributed by atoms with E-state index in [4.69, 9.17) is 4.74 Å². The Hall–Kier alpha value is -3.73. The average molecular weight is 372 g/mol. The van der Waals surface area contributed by atoms with Crippen LogP contribution in [-0.2, 0) is 9.53 Å². The molecular formula is C23H17FN2O2. The zero-order chi connectivity index (χ0) is 19.5. The number of carbonyl (C=O) groups is 1. The average Bonchev–Trinajstić information content (AvgIpc) is 3.16. The van der Waals surface area contributed by atoms with Gasteiger partial charge in [-0.2, -0.15) is 5.10 Å². The molecular weight excluding hydrogens is 355 g/mol. The van der Waals surface area contributed by atoms with E-state index < -0.39 is 5.97 Å². The Morgan fingerprint density at radius 3 is 2.46 bits per heavy atom. The van der Waals surface area contributed by atoms with Crippen LogP contribution in [0.25, 0.3) is 22.2 Å². The van der Waals surface area contributed by atoms with Crippen molar-refractivity contribution in [1.29, 1.82) is 0 Å². The van der Waals surface area contributed by atoms with Gasteiger partial charge in [-0.15, -0.1) is 0 Å². The Bertz CT molecular complexity index is 1160. The van der Waals surface area contributed by atoms with Crippen LogP contribution in [-0.4, -0.2) is 22.9 Å². The topological polar surface area (TPSA) is 44.1 Å². The van der Waals surface area contributed by atoms with Gasteiger partial charge in [-0.25, -0.2) is 13.9 Å². The van der Waals surface area contributed by atoms with E-state index in [1.54, 1.807) is 23.0 Å². The Labute approximate surface area is 161 Å². The van der Waals surface area contributed by atoms with Crippen molar-refractivity contribution in [1.82, 2.24) is 9.78 Å². The molecule has 1 aromatic heterocycles. The lowest BCUT2D eigenvalue weighted by Crippen LogP contribution is -1.99. The summed E-state index contributed by atoms with van der Waals surface area (Å²) >= 11 is 0. The van der Waals surface area contributed by atoms with Crippen LogP contribution in [0.2, 0.25) is 0 Å². The van der Waals surface area contributed by atoms with E-state index in [2.05, 4.69) is 5.10 Å². The van der Waals surface area contributed by atoms with Gasteiger partial charge in [0.2, 0.25) is 0 Å². The quantitative estimate of drug-likeness (QED) is 0.383. The Kier molecular flexibility index (Phi) is 4.72. The predicted octanol–water partition coefficient (Wildman–Crippen LogP) is 4.77. The summed E-state index contributed by atoms with van der Waals surface area (Å²) in [6.07, 6.45) is 3.24. The van der Waals surface area contributed by atoms with Crippen molar-refractivity contribution in [2.45, 2.75) is 0 Å². The maximum atomic E-state index is 13.2. The summed E-state index contributed by atoms with van der Waals surface area (Å²) in [6, 6.07) is 21.7. The molecule has 0 unspecified atom stereocenters. The molecule has 0 aliphatic carbocycles. The molecule has 4 nitrogen and oxygen atoms in total. The highest BCUT2D eigenvalue weighted by Crippen LogP contribution is 2.28. The molecule has 4 aromatic rings. The third-order valence-corrected chi connectivity index (χ3v) is 4.50. The molecule has 0 atom stereocenters. The summed E-state index contributed by atoms with van der Waals surface area (Å²) in [5.74, 6) is -0.705. The van der Waals surface area contributed by atoms with E-state index in [1.807, 2.05) is 48.5 Å². The number of nitrogens with zero attached hydrogens (tertiary/aromatic N) is 2. The van der Waals surface area contributed by atoms with Crippen LogP contribution in [0.5, 0.6) is 0 Å². The number of methoxy groups -OCH3 is 1. The number of hydrogen-bond acceptors (Lipinski definition) is 3. The molecule has 28 heavy (non-hydrogen) atoms. The number of esters is 1. The van der Waals surface area contributed by atoms with Crippen LogP contribution in [0.4, 0.5) is 4.39 Å². The fraction of sp³-hybridized carbons (Fsp3) is 0.0435. The van der Waals surface area contributed by atoms with Crippen molar-refractivity contribution in [2.24, 2.45) is 0 Å². The number of fused-ring (bicyclic) bond motifs is 1. The highest BCUT2D eigenvalue weighted by atomic mass is 19.1. The largest absolute Gasteiger partial charge is 0.466 e. The second-order valence-electron chi connectivity index (χ2n) is 6.25. The van der Waals surface area contributed by atoms with Crippen LogP contribution in [0.3, 0.4) is 0 Å². The minimum absolute atomic E-state index is 0.289. The van der Waals surface area contributed by atoms with Gasteiger partial charge in [0.05, 0.1) is 24.5 Å². The third-order valence-electron chi connectivity index (χ3n) is 4.50. The molecule has 5 heteroatoms. The molecule has 0 spiro atoms. The molecule has 0 saturated heterocycles. The first kappa shape index (κ1) is 17.7. The van der Waals surface area contributed by atoms with Gasteiger partial charge in [-0.05, 0) is 53.1 Å². The second kappa shape index (κ2) is 7.48. The molecule has 4 rings (SSSR count). The standard InChI is InChI=1S/C23H17FN2O2/c1-28-23(27)14-21(16-5-3-2-4-6-16)17-7-12-22-18(13-17)15-25-26(22)20-10-8-19(24)9-11-20/h2-15H,1H3/b21-14+. The summed E-state index contributed by atoms with van der Waals surface area (Å²) < 4.78 is 19.8. The first-order valence-electron chi connectivity index (χ1n) is 8.75. The lowest BCUT2D eigenvalue weighted by Gasteiger charge is -2.09. The van der Waals surface area contributed by atoms with Gasteiger partial charge in [-0.1, -0.05) is 36.4 Å². The molecule has 0 radical (unpaired) electrons. The molecule has 0 amide bonds. The highest BCUT2D eigenvalue weighted by molar-refractivity contribution is 5.98. The second-order valence-corrected chi connectivity index (χ2v) is 6.25. The number of halogens is 1. The smallest absolute Gasteiger partial charge is 0.331 e. The van der Waals surface area contributed by atoms with E-state index in [0.717, 1.165) is 33.3 Å². The molecule has 138 valence electrons. The van der Waals surface area contributed by atoms with Crippen molar-refractivity contribution in [3.8, 4) is 5.69 Å². The summed E-state index contributed by atoms with van der Waals surface area (Å²) in [5, 5.41) is 5.34. The first-order valence-corrected chi connectivity index (χ1v) is 8.75. The highest BCUT2D eigenvalue weighted by Gasteiger charge is 2.11. The lowest BCUT2D eigenvalue weighted by atomic mass is 9.96. The van der Waals surface area contributed by atoms with E-state index >= 15 is 0 Å². The normalized spacial score (nSPS) is 11.6. The van der Waals surface area contributed by atoms with Gasteiger partial charge < -0.3 is 4.74 Å². The van der Waals surface area contributed by atoms with E-state index in [-0.39, 0.29) is 5.82 Å². The summed E-state index contributed by atoms with van der Waals surface area (Å²) in [4.78, 5) is 11.9. The summed E-state index contributed by atoms with van der Waals surface area (Å²) in [5.41, 5.74) is 4.23. The zero-order valence-electron chi connectivity index (χ0n) is 15.2. The fourth-order valence-electron chi connectivity index (χ4n) is 3.12. The fourth-order valence-corrected chi connectivity index (χ4v) is 3.12. The number of aromatic nitrogens is 2. The molecule has 0 aliphatic heterocycles. The molecule has 0 bridgehead atoms. The van der Waals surface area contributed by atoms with Crippen LogP contribution < -0.4 is 0 Å². The summed E-state index contributed by atoms with van der Waals surface area (Å²) in [6.45, 7) is 0. The first-order chi connectivity index (χ1) is 13.7. The Balaban J connectivity index is 1.81. The number of hydrogen-bond donors (Lipinski definition) is 0. The van der Waals surface area contributed by atoms with Gasteiger partial charge in [0.1, 0.15) is 5.82 Å². The van der Waals surface area contributed by atoms with E-state index in [0.29, 0.717) is 0 Å². The van der Waals surface area contributed by atoms with Gasteiger partial charge >= 0.3 is 5.97 Å². The minimum atomic E-state index is -0.416.